The minimum Gasteiger partial charge on any atom is -0.481 e. The van der Waals surface area contributed by atoms with E-state index in [2.05, 4.69) is 0 Å². The van der Waals surface area contributed by atoms with Crippen molar-refractivity contribution in [3.8, 4) is 0 Å². The number of hydrogen-bond acceptors (Lipinski definition) is 1. The Labute approximate surface area is 136 Å². The zero-order valence-corrected chi connectivity index (χ0v) is 12.9. The first-order valence-electron chi connectivity index (χ1n) is 6.83. The number of aryl methyl sites for hydroxylation is 1. The van der Waals surface area contributed by atoms with Crippen molar-refractivity contribution in [1.29, 1.82) is 0 Å². The van der Waals surface area contributed by atoms with Crippen LogP contribution in [0.25, 0.3) is 0 Å². The lowest BCUT2D eigenvalue weighted by atomic mass is 9.91. The Hall–Kier alpha value is -2.01. The summed E-state index contributed by atoms with van der Waals surface area (Å²) in [5.74, 6) is -2.07. The zero-order valence-electron chi connectivity index (χ0n) is 12.2. The molecule has 0 aliphatic carbocycles. The van der Waals surface area contributed by atoms with Gasteiger partial charge in [-0.05, 0) is 42.2 Å². The van der Waals surface area contributed by atoms with Crippen LogP contribution in [-0.2, 0) is 17.4 Å². The van der Waals surface area contributed by atoms with Gasteiger partial charge in [-0.2, -0.15) is 13.2 Å². The number of rotatable bonds is 4. The Balaban J connectivity index is 2.33. The Kier molecular flexibility index (Phi) is 5.00. The van der Waals surface area contributed by atoms with Crippen LogP contribution < -0.4 is 0 Å². The number of carboxylic acids is 1. The first kappa shape index (κ1) is 17.3. The van der Waals surface area contributed by atoms with Crippen LogP contribution in [0, 0.1) is 6.92 Å². The summed E-state index contributed by atoms with van der Waals surface area (Å²) in [6.45, 7) is 1.79. The highest BCUT2D eigenvalue weighted by Crippen LogP contribution is 2.31. The van der Waals surface area contributed by atoms with E-state index in [0.717, 1.165) is 17.7 Å². The van der Waals surface area contributed by atoms with Crippen molar-refractivity contribution in [3.63, 3.8) is 0 Å². The molecule has 2 nitrogen and oxygen atoms in total. The number of benzene rings is 2. The summed E-state index contributed by atoms with van der Waals surface area (Å²) >= 11 is 6.01. The van der Waals surface area contributed by atoms with Gasteiger partial charge in [0.1, 0.15) is 0 Å². The molecule has 0 radical (unpaired) electrons. The number of aliphatic carboxylic acids is 1. The predicted octanol–water partition coefficient (Wildman–Crippen LogP) is 5.08. The maximum absolute atomic E-state index is 12.8. The normalized spacial score (nSPS) is 12.9. The van der Waals surface area contributed by atoms with Gasteiger partial charge >= 0.3 is 12.1 Å². The summed E-state index contributed by atoms with van der Waals surface area (Å²) < 4.78 is 38.3. The Morgan fingerprint density at radius 3 is 2.48 bits per heavy atom. The van der Waals surface area contributed by atoms with Gasteiger partial charge in [0, 0.05) is 5.02 Å². The molecule has 0 aliphatic heterocycles. The summed E-state index contributed by atoms with van der Waals surface area (Å²) in [5, 5.41) is 9.84. The average molecular weight is 343 g/mol. The van der Waals surface area contributed by atoms with Crippen LogP contribution in [0.5, 0.6) is 0 Å². The predicted molar refractivity (Wildman–Crippen MR) is 81.7 cm³/mol. The number of alkyl halides is 3. The molecule has 2 aromatic carbocycles. The molecule has 0 bridgehead atoms. The minimum absolute atomic E-state index is 0.0430. The Morgan fingerprint density at radius 1 is 1.22 bits per heavy atom. The van der Waals surface area contributed by atoms with E-state index in [0.29, 0.717) is 16.1 Å². The molecule has 2 rings (SSSR count). The van der Waals surface area contributed by atoms with Crippen LogP contribution in [0.3, 0.4) is 0 Å². The first-order chi connectivity index (χ1) is 10.7. The second-order valence-electron chi connectivity index (χ2n) is 5.30. The van der Waals surface area contributed by atoms with Crippen molar-refractivity contribution < 1.29 is 23.1 Å². The molecular formula is C17H14ClF3O2. The molecule has 1 atom stereocenters. The van der Waals surface area contributed by atoms with Crippen LogP contribution in [0.1, 0.15) is 28.2 Å². The second-order valence-corrected chi connectivity index (χ2v) is 5.71. The summed E-state index contributed by atoms with van der Waals surface area (Å²) in [6.07, 6.45) is -4.50. The third kappa shape index (κ3) is 4.26. The minimum atomic E-state index is -4.46. The van der Waals surface area contributed by atoms with Crippen molar-refractivity contribution >= 4 is 17.6 Å². The maximum atomic E-state index is 12.8. The topological polar surface area (TPSA) is 37.3 Å². The number of carbonyl (C=O) groups is 1. The lowest BCUT2D eigenvalue weighted by Crippen LogP contribution is -2.15. The van der Waals surface area contributed by atoms with E-state index in [1.165, 1.54) is 12.1 Å². The molecule has 1 N–H and O–H groups in total. The Bertz CT molecular complexity index is 726. The average Bonchev–Trinajstić information content (AvgIpc) is 2.47. The van der Waals surface area contributed by atoms with Gasteiger partial charge in [-0.15, -0.1) is 0 Å². The van der Waals surface area contributed by atoms with Gasteiger partial charge in [0.2, 0.25) is 0 Å². The quantitative estimate of drug-likeness (QED) is 0.841. The fourth-order valence-electron chi connectivity index (χ4n) is 2.28. The monoisotopic (exact) mass is 342 g/mol. The molecule has 0 aromatic heterocycles. The van der Waals surface area contributed by atoms with E-state index < -0.39 is 23.6 Å². The molecule has 1 unspecified atom stereocenters. The van der Waals surface area contributed by atoms with Gasteiger partial charge in [-0.3, -0.25) is 4.79 Å². The highest BCUT2D eigenvalue weighted by Gasteiger charge is 2.31. The molecule has 2 aromatic rings. The smallest absolute Gasteiger partial charge is 0.416 e. The third-order valence-corrected chi connectivity index (χ3v) is 4.00. The third-order valence-electron chi connectivity index (χ3n) is 3.59. The van der Waals surface area contributed by atoms with Gasteiger partial charge in [-0.1, -0.05) is 41.9 Å². The van der Waals surface area contributed by atoms with E-state index in [9.17, 15) is 23.1 Å². The fourth-order valence-corrected chi connectivity index (χ4v) is 2.47. The molecule has 0 fully saturated rings. The van der Waals surface area contributed by atoms with Crippen LogP contribution in [0.2, 0.25) is 5.02 Å². The van der Waals surface area contributed by atoms with Crippen molar-refractivity contribution in [1.82, 2.24) is 0 Å². The van der Waals surface area contributed by atoms with Crippen LogP contribution in [-0.4, -0.2) is 11.1 Å². The first-order valence-corrected chi connectivity index (χ1v) is 7.21. The lowest BCUT2D eigenvalue weighted by molar-refractivity contribution is -0.138. The van der Waals surface area contributed by atoms with Crippen LogP contribution in [0.15, 0.2) is 42.5 Å². The van der Waals surface area contributed by atoms with E-state index in [1.807, 2.05) is 0 Å². The van der Waals surface area contributed by atoms with Gasteiger partial charge < -0.3 is 5.11 Å². The Morgan fingerprint density at radius 2 is 1.91 bits per heavy atom. The van der Waals surface area contributed by atoms with Gasteiger partial charge in [0.15, 0.2) is 0 Å². The largest absolute Gasteiger partial charge is 0.481 e. The number of carboxylic acid groups (broad SMARTS) is 1. The molecule has 0 aliphatic rings. The van der Waals surface area contributed by atoms with Crippen molar-refractivity contribution in [3.05, 3.63) is 69.7 Å². The zero-order chi connectivity index (χ0) is 17.2. The summed E-state index contributed by atoms with van der Waals surface area (Å²) in [4.78, 5) is 11.5. The molecule has 0 saturated carbocycles. The van der Waals surface area contributed by atoms with Crippen LogP contribution in [0.4, 0.5) is 13.2 Å². The number of halogens is 4. The number of hydrogen-bond donors (Lipinski definition) is 1. The van der Waals surface area contributed by atoms with E-state index in [4.69, 9.17) is 11.6 Å². The highest BCUT2D eigenvalue weighted by molar-refractivity contribution is 6.31. The molecule has 23 heavy (non-hydrogen) atoms. The summed E-state index contributed by atoms with van der Waals surface area (Å²) in [6, 6.07) is 9.57. The van der Waals surface area contributed by atoms with Crippen molar-refractivity contribution in [2.75, 3.05) is 0 Å². The van der Waals surface area contributed by atoms with Crippen molar-refractivity contribution in [2.24, 2.45) is 0 Å². The molecule has 6 heteroatoms. The molecule has 0 spiro atoms. The standard InChI is InChI=1S/C17H14ClF3O2/c1-10-5-6-12(9-15(10)18)14(16(22)23)8-11-3-2-4-13(7-11)17(19,20)21/h2-7,9,14H,8H2,1H3,(H,22,23). The molecule has 0 amide bonds. The molecule has 0 saturated heterocycles. The van der Waals surface area contributed by atoms with Gasteiger partial charge in [-0.25, -0.2) is 0 Å². The van der Waals surface area contributed by atoms with Crippen molar-refractivity contribution in [2.45, 2.75) is 25.4 Å². The highest BCUT2D eigenvalue weighted by atomic mass is 35.5. The molecular weight excluding hydrogens is 329 g/mol. The maximum Gasteiger partial charge on any atom is 0.416 e. The summed E-state index contributed by atoms with van der Waals surface area (Å²) in [7, 11) is 0. The van der Waals surface area contributed by atoms with Gasteiger partial charge in [0.25, 0.3) is 0 Å². The molecule has 0 heterocycles. The van der Waals surface area contributed by atoms with E-state index in [-0.39, 0.29) is 6.42 Å². The van der Waals surface area contributed by atoms with E-state index in [1.54, 1.807) is 25.1 Å². The summed E-state index contributed by atoms with van der Waals surface area (Å²) in [5.41, 5.74) is 0.786. The van der Waals surface area contributed by atoms with Gasteiger partial charge in [0.05, 0.1) is 11.5 Å². The fraction of sp³-hybridized carbons (Fsp3) is 0.235. The van der Waals surface area contributed by atoms with Crippen LogP contribution >= 0.6 is 11.6 Å². The second kappa shape index (κ2) is 6.62. The SMILES string of the molecule is Cc1ccc(C(Cc2cccc(C(F)(F)F)c2)C(=O)O)cc1Cl. The molecule has 122 valence electrons. The van der Waals surface area contributed by atoms with E-state index >= 15 is 0 Å². The lowest BCUT2D eigenvalue weighted by Gasteiger charge is -2.15.